The second-order valence-corrected chi connectivity index (χ2v) is 5.09. The number of allylic oxidation sites excluding steroid dienone is 1. The molecule has 0 saturated carbocycles. The molecule has 9 heteroatoms. The van der Waals surface area contributed by atoms with Gasteiger partial charge in [-0.25, -0.2) is 0 Å². The fourth-order valence-corrected chi connectivity index (χ4v) is 1.33. The van der Waals surface area contributed by atoms with Crippen LogP contribution in [0.1, 0.15) is 65.7 Å². The third-order valence-corrected chi connectivity index (χ3v) is 2.19. The molecule has 0 aliphatic rings. The van der Waals surface area contributed by atoms with Gasteiger partial charge in [0, 0.05) is 44.0 Å². The number of ketones is 3. The number of hydrogen-bond acceptors (Lipinski definition) is 8. The fraction of sp³-hybridized carbons (Fsp3) is 0.588. The summed E-state index contributed by atoms with van der Waals surface area (Å²) >= 11 is 0. The Bertz CT molecular complexity index is 429. The minimum Gasteiger partial charge on any atom is -0.876 e. The van der Waals surface area contributed by atoms with E-state index in [1.165, 1.54) is 6.92 Å². The Kier molecular flexibility index (Phi) is 25.7. The minimum absolute atomic E-state index is 0. The zero-order valence-corrected chi connectivity index (χ0v) is 16.7. The summed E-state index contributed by atoms with van der Waals surface area (Å²) in [6, 6.07) is 0. The van der Waals surface area contributed by atoms with Crippen molar-refractivity contribution >= 4 is 46.6 Å². The maximum absolute atomic E-state index is 10.4. The number of carboxylic acids is 2. The van der Waals surface area contributed by atoms with E-state index >= 15 is 0 Å². The van der Waals surface area contributed by atoms with Gasteiger partial charge in [0.05, 0.1) is 0 Å². The second kappa shape index (κ2) is 21.1. The first-order valence-corrected chi connectivity index (χ1v) is 7.73. The van der Waals surface area contributed by atoms with Crippen molar-refractivity contribution in [2.45, 2.75) is 65.7 Å². The molecule has 0 amide bonds. The molecule has 8 nitrogen and oxygen atoms in total. The number of aliphatic carboxylic acids is 2. The zero-order chi connectivity index (χ0) is 20.4. The number of carbonyl (C=O) groups excluding carboxylic acids is 5. The molecule has 0 radical (unpaired) electrons. The van der Waals surface area contributed by atoms with Crippen molar-refractivity contribution in [2.24, 2.45) is 0 Å². The molecular formula is C17H25AlO8. The molecule has 0 spiro atoms. The third kappa shape index (κ3) is 37.9. The maximum Gasteiger partial charge on any atom is 3.00 e. The molecule has 0 rings (SSSR count). The predicted molar refractivity (Wildman–Crippen MR) is 89.3 cm³/mol. The molecule has 0 fully saturated rings. The van der Waals surface area contributed by atoms with Crippen LogP contribution in [0.2, 0.25) is 0 Å². The summed E-state index contributed by atoms with van der Waals surface area (Å²) in [4.78, 5) is 50.4. The zero-order valence-electron chi connectivity index (χ0n) is 15.5. The van der Waals surface area contributed by atoms with Crippen molar-refractivity contribution in [3.63, 3.8) is 0 Å². The topological polar surface area (TPSA) is 155 Å². The summed E-state index contributed by atoms with van der Waals surface area (Å²) in [5.41, 5.74) is 0. The van der Waals surface area contributed by atoms with Crippen LogP contribution in [0.3, 0.4) is 0 Å². The molecule has 0 N–H and O–H groups in total. The van der Waals surface area contributed by atoms with Gasteiger partial charge in [0.2, 0.25) is 0 Å². The van der Waals surface area contributed by atoms with Gasteiger partial charge in [-0.3, -0.25) is 14.4 Å². The fourth-order valence-electron chi connectivity index (χ4n) is 1.33. The molecule has 0 atom stereocenters. The normalized spacial score (nSPS) is 8.42. The van der Waals surface area contributed by atoms with Crippen LogP contribution in [-0.2, 0) is 24.0 Å². The van der Waals surface area contributed by atoms with Crippen molar-refractivity contribution in [3.8, 4) is 0 Å². The Morgan fingerprint density at radius 3 is 1.15 bits per heavy atom. The van der Waals surface area contributed by atoms with Gasteiger partial charge in [-0.2, -0.15) is 0 Å². The van der Waals surface area contributed by atoms with Gasteiger partial charge in [-0.15, -0.1) is 12.3 Å². The van der Waals surface area contributed by atoms with Crippen molar-refractivity contribution < 1.29 is 39.3 Å². The molecule has 144 valence electrons. The van der Waals surface area contributed by atoms with Crippen LogP contribution >= 0.6 is 0 Å². The number of carbonyl (C=O) groups is 5. The standard InChI is InChI=1S/2C6H10O3.C5H8O2.Al/c2*1-2-3-5(7)4-6(8)9;1-4(6)3-5(2)7;/h2*2-4H2,1H3,(H,8,9);6H,1,3H2,2H3;/q;;;+3/p-3. The molecule has 0 bridgehead atoms. The van der Waals surface area contributed by atoms with Gasteiger partial charge < -0.3 is 24.9 Å². The van der Waals surface area contributed by atoms with Gasteiger partial charge in [-0.1, -0.05) is 13.8 Å². The van der Waals surface area contributed by atoms with E-state index in [1.807, 2.05) is 13.8 Å². The average Bonchev–Trinajstić information content (AvgIpc) is 2.36. The average molecular weight is 384 g/mol. The van der Waals surface area contributed by atoms with Crippen LogP contribution in [-0.4, -0.2) is 46.6 Å². The van der Waals surface area contributed by atoms with Gasteiger partial charge >= 0.3 is 17.4 Å². The van der Waals surface area contributed by atoms with E-state index in [0.29, 0.717) is 25.7 Å². The first-order chi connectivity index (χ1) is 11.5. The number of Topliss-reactive ketones (excluding diaryl/α,β-unsaturated/α-hetero) is 3. The van der Waals surface area contributed by atoms with Crippen LogP contribution in [0.15, 0.2) is 12.3 Å². The number of hydrogen-bond donors (Lipinski definition) is 0. The van der Waals surface area contributed by atoms with E-state index in [9.17, 15) is 39.3 Å². The molecule has 0 aliphatic heterocycles. The molecule has 0 aromatic heterocycles. The first-order valence-electron chi connectivity index (χ1n) is 7.73. The SMILES string of the molecule is C=C([O-])CC(C)=O.CCCC(=O)CC(=O)[O-].CCCC(=O)CC(=O)[O-].[Al+3]. The molecule has 0 heterocycles. The van der Waals surface area contributed by atoms with E-state index in [1.54, 1.807) is 0 Å². The van der Waals surface area contributed by atoms with Crippen molar-refractivity contribution in [3.05, 3.63) is 12.3 Å². The van der Waals surface area contributed by atoms with Crippen LogP contribution in [0, 0.1) is 0 Å². The van der Waals surface area contributed by atoms with E-state index in [0.717, 1.165) is 0 Å². The summed E-state index contributed by atoms with van der Waals surface area (Å²) < 4.78 is 0. The predicted octanol–water partition coefficient (Wildman–Crippen LogP) is -1.55. The maximum atomic E-state index is 10.4. The van der Waals surface area contributed by atoms with E-state index in [2.05, 4.69) is 6.58 Å². The van der Waals surface area contributed by atoms with Gasteiger partial charge in [0.1, 0.15) is 17.3 Å². The molecule has 0 aliphatic carbocycles. The first kappa shape index (κ1) is 31.8. The molecule has 0 saturated heterocycles. The van der Waals surface area contributed by atoms with Crippen molar-refractivity contribution in [2.75, 3.05) is 0 Å². The van der Waals surface area contributed by atoms with Crippen LogP contribution in [0.25, 0.3) is 0 Å². The summed E-state index contributed by atoms with van der Waals surface area (Å²) in [7, 11) is 0. The van der Waals surface area contributed by atoms with Gasteiger partial charge in [-0.05, 0) is 19.8 Å². The van der Waals surface area contributed by atoms with Crippen LogP contribution in [0.4, 0.5) is 0 Å². The van der Waals surface area contributed by atoms with Crippen LogP contribution < -0.4 is 15.3 Å². The molecule has 0 unspecified atom stereocenters. The van der Waals surface area contributed by atoms with Crippen molar-refractivity contribution in [1.82, 2.24) is 0 Å². The Hall–Kier alpha value is -1.98. The Morgan fingerprint density at radius 1 is 0.731 bits per heavy atom. The second-order valence-electron chi connectivity index (χ2n) is 5.09. The van der Waals surface area contributed by atoms with E-state index in [-0.39, 0.29) is 46.9 Å². The minimum atomic E-state index is -1.28. The third-order valence-electron chi connectivity index (χ3n) is 2.19. The summed E-state index contributed by atoms with van der Waals surface area (Å²) in [5, 5.41) is 29.4. The Labute approximate surface area is 164 Å². The largest absolute Gasteiger partial charge is 3.00 e. The number of carboxylic acid groups (broad SMARTS) is 2. The molecule has 26 heavy (non-hydrogen) atoms. The summed E-state index contributed by atoms with van der Waals surface area (Å²) in [6.07, 6.45) is 1.18. The Morgan fingerprint density at radius 2 is 1.04 bits per heavy atom. The molecule has 0 aromatic rings. The van der Waals surface area contributed by atoms with E-state index < -0.39 is 24.8 Å². The van der Waals surface area contributed by atoms with Crippen molar-refractivity contribution in [1.29, 1.82) is 0 Å². The molecular weight excluding hydrogens is 359 g/mol. The summed E-state index contributed by atoms with van der Waals surface area (Å²) in [5.74, 6) is -3.51. The van der Waals surface area contributed by atoms with Gasteiger partial charge in [0.15, 0.2) is 0 Å². The monoisotopic (exact) mass is 384 g/mol. The number of rotatable bonds is 10. The van der Waals surface area contributed by atoms with E-state index in [4.69, 9.17) is 0 Å². The quantitative estimate of drug-likeness (QED) is 0.249. The van der Waals surface area contributed by atoms with Crippen LogP contribution in [0.5, 0.6) is 0 Å². The summed E-state index contributed by atoms with van der Waals surface area (Å²) in [6.45, 7) is 8.04. The Balaban J connectivity index is -0.000000138. The smallest absolute Gasteiger partial charge is 0.876 e. The molecule has 0 aromatic carbocycles. The van der Waals surface area contributed by atoms with Gasteiger partial charge in [0.25, 0.3) is 0 Å².